The molecule has 1 unspecified atom stereocenters. The first-order valence-electron chi connectivity index (χ1n) is 9.33. The number of hydrogen-bond donors (Lipinski definition) is 2. The standard InChI is InChI=1S/C20H25N3O3S/c21-27(24,25)20-6-5-15(13-18(20)23-10-8-22-9-11-23)14-19-17-4-2-1-3-16(17)7-12-26-19/h1-6,13,19,22H,7-12,14H2,(H2,21,24,25). The molecule has 0 aliphatic carbocycles. The molecule has 1 fully saturated rings. The molecule has 0 radical (unpaired) electrons. The van der Waals surface area contributed by atoms with Crippen molar-refractivity contribution in [2.24, 2.45) is 5.14 Å². The van der Waals surface area contributed by atoms with Gasteiger partial charge >= 0.3 is 0 Å². The fourth-order valence-corrected chi connectivity index (χ4v) is 4.68. The maximum absolute atomic E-state index is 12.1. The van der Waals surface area contributed by atoms with E-state index in [0.717, 1.165) is 38.2 Å². The Bertz CT molecular complexity index is 924. The number of primary sulfonamides is 1. The largest absolute Gasteiger partial charge is 0.373 e. The molecule has 0 saturated carbocycles. The topological polar surface area (TPSA) is 84.7 Å². The molecular formula is C20H25N3O3S. The molecule has 0 amide bonds. The highest BCUT2D eigenvalue weighted by atomic mass is 32.2. The van der Waals surface area contributed by atoms with Gasteiger partial charge < -0.3 is 15.0 Å². The highest BCUT2D eigenvalue weighted by molar-refractivity contribution is 7.89. The number of sulfonamides is 1. The summed E-state index contributed by atoms with van der Waals surface area (Å²) in [7, 11) is -3.77. The second kappa shape index (κ2) is 7.59. The Kier molecular flexibility index (Phi) is 5.19. The molecule has 144 valence electrons. The molecule has 2 aliphatic rings. The van der Waals surface area contributed by atoms with Gasteiger partial charge in [-0.15, -0.1) is 0 Å². The van der Waals surface area contributed by atoms with Gasteiger partial charge in [-0.1, -0.05) is 30.3 Å². The molecule has 2 aromatic rings. The van der Waals surface area contributed by atoms with Gasteiger partial charge in [-0.3, -0.25) is 0 Å². The minimum atomic E-state index is -3.77. The Morgan fingerprint density at radius 2 is 1.93 bits per heavy atom. The number of nitrogens with two attached hydrogens (primary N) is 1. The van der Waals surface area contributed by atoms with Crippen molar-refractivity contribution in [3.05, 3.63) is 59.2 Å². The van der Waals surface area contributed by atoms with Gasteiger partial charge in [-0.05, 0) is 35.2 Å². The van der Waals surface area contributed by atoms with Gasteiger partial charge in [0.15, 0.2) is 0 Å². The first kappa shape index (κ1) is 18.4. The van der Waals surface area contributed by atoms with Gasteiger partial charge in [0.2, 0.25) is 10.0 Å². The second-order valence-electron chi connectivity index (χ2n) is 7.10. The molecule has 3 N–H and O–H groups in total. The van der Waals surface area contributed by atoms with Crippen molar-refractivity contribution in [1.29, 1.82) is 0 Å². The number of nitrogens with one attached hydrogen (secondary N) is 1. The van der Waals surface area contributed by atoms with Gasteiger partial charge in [0.25, 0.3) is 0 Å². The third kappa shape index (κ3) is 4.01. The zero-order valence-electron chi connectivity index (χ0n) is 15.2. The molecule has 2 heterocycles. The molecule has 0 aromatic heterocycles. The van der Waals surface area contributed by atoms with Crippen LogP contribution >= 0.6 is 0 Å². The summed E-state index contributed by atoms with van der Waals surface area (Å²) >= 11 is 0. The Labute approximate surface area is 160 Å². The predicted octanol–water partition coefficient (Wildman–Crippen LogP) is 1.60. The molecule has 27 heavy (non-hydrogen) atoms. The maximum atomic E-state index is 12.1. The van der Waals surface area contributed by atoms with Crippen LogP contribution in [0.3, 0.4) is 0 Å². The summed E-state index contributed by atoms with van der Waals surface area (Å²) in [5.74, 6) is 0. The van der Waals surface area contributed by atoms with E-state index in [1.807, 2.05) is 18.2 Å². The molecule has 2 aromatic carbocycles. The van der Waals surface area contributed by atoms with Gasteiger partial charge in [0, 0.05) is 32.6 Å². The minimum Gasteiger partial charge on any atom is -0.373 e. The lowest BCUT2D eigenvalue weighted by molar-refractivity contribution is 0.0427. The predicted molar refractivity (Wildman–Crippen MR) is 105 cm³/mol. The molecule has 4 rings (SSSR count). The summed E-state index contributed by atoms with van der Waals surface area (Å²) in [5, 5.41) is 8.76. The Morgan fingerprint density at radius 1 is 1.15 bits per heavy atom. The number of ether oxygens (including phenoxy) is 1. The zero-order valence-corrected chi connectivity index (χ0v) is 16.0. The van der Waals surface area contributed by atoms with Crippen LogP contribution in [0.4, 0.5) is 5.69 Å². The van der Waals surface area contributed by atoms with E-state index in [1.54, 1.807) is 6.07 Å². The van der Waals surface area contributed by atoms with Crippen molar-refractivity contribution < 1.29 is 13.2 Å². The first-order valence-corrected chi connectivity index (χ1v) is 10.9. The smallest absolute Gasteiger partial charge is 0.240 e. The van der Waals surface area contributed by atoms with E-state index >= 15 is 0 Å². The highest BCUT2D eigenvalue weighted by Crippen LogP contribution is 2.32. The van der Waals surface area contributed by atoms with E-state index in [2.05, 4.69) is 28.4 Å². The molecule has 7 heteroatoms. The van der Waals surface area contributed by atoms with E-state index in [9.17, 15) is 8.42 Å². The fourth-order valence-electron chi connectivity index (χ4n) is 3.94. The minimum absolute atomic E-state index is 0.00819. The Morgan fingerprint density at radius 3 is 2.70 bits per heavy atom. The number of nitrogens with zero attached hydrogens (tertiary/aromatic N) is 1. The lowest BCUT2D eigenvalue weighted by Crippen LogP contribution is -2.44. The monoisotopic (exact) mass is 387 g/mol. The van der Waals surface area contributed by atoms with Gasteiger partial charge in [0.05, 0.1) is 18.4 Å². The first-order chi connectivity index (χ1) is 13.0. The highest BCUT2D eigenvalue weighted by Gasteiger charge is 2.24. The maximum Gasteiger partial charge on any atom is 0.240 e. The van der Waals surface area contributed by atoms with Crippen LogP contribution in [0, 0.1) is 0 Å². The summed E-state index contributed by atoms with van der Waals surface area (Å²) in [4.78, 5) is 2.29. The van der Waals surface area contributed by atoms with Crippen LogP contribution in [0.15, 0.2) is 47.4 Å². The second-order valence-corrected chi connectivity index (χ2v) is 8.63. The third-order valence-electron chi connectivity index (χ3n) is 5.30. The van der Waals surface area contributed by atoms with Crippen molar-refractivity contribution in [2.45, 2.75) is 23.8 Å². The number of piperazine rings is 1. The molecule has 1 atom stereocenters. The normalized spacial score (nSPS) is 20.3. The van der Waals surface area contributed by atoms with Crippen LogP contribution in [0.2, 0.25) is 0 Å². The van der Waals surface area contributed by atoms with Crippen LogP contribution in [-0.2, 0) is 27.6 Å². The van der Waals surface area contributed by atoms with Crippen molar-refractivity contribution in [3.63, 3.8) is 0 Å². The van der Waals surface area contributed by atoms with Crippen LogP contribution in [-0.4, -0.2) is 41.2 Å². The summed E-state index contributed by atoms with van der Waals surface area (Å²) in [6, 6.07) is 13.8. The van der Waals surface area contributed by atoms with Crippen molar-refractivity contribution in [2.75, 3.05) is 37.7 Å². The van der Waals surface area contributed by atoms with E-state index in [0.29, 0.717) is 18.7 Å². The van der Waals surface area contributed by atoms with Gasteiger partial charge in [-0.2, -0.15) is 0 Å². The van der Waals surface area contributed by atoms with Crippen molar-refractivity contribution >= 4 is 15.7 Å². The zero-order chi connectivity index (χ0) is 18.9. The quantitative estimate of drug-likeness (QED) is 0.832. The lowest BCUT2D eigenvalue weighted by Gasteiger charge is -2.31. The van der Waals surface area contributed by atoms with E-state index in [4.69, 9.17) is 9.88 Å². The van der Waals surface area contributed by atoms with E-state index in [-0.39, 0.29) is 11.0 Å². The van der Waals surface area contributed by atoms with E-state index < -0.39 is 10.0 Å². The summed E-state index contributed by atoms with van der Waals surface area (Å²) < 4.78 is 30.2. The molecule has 6 nitrogen and oxygen atoms in total. The molecule has 0 bridgehead atoms. The number of benzene rings is 2. The van der Waals surface area contributed by atoms with Crippen LogP contribution in [0.25, 0.3) is 0 Å². The van der Waals surface area contributed by atoms with Gasteiger partial charge in [-0.25, -0.2) is 13.6 Å². The molecular weight excluding hydrogens is 362 g/mol. The van der Waals surface area contributed by atoms with Crippen LogP contribution in [0.5, 0.6) is 0 Å². The summed E-state index contributed by atoms with van der Waals surface area (Å²) in [5.41, 5.74) is 4.30. The molecule has 1 saturated heterocycles. The average molecular weight is 388 g/mol. The summed E-state index contributed by atoms with van der Waals surface area (Å²) in [6.45, 7) is 3.88. The lowest BCUT2D eigenvalue weighted by atomic mass is 9.93. The van der Waals surface area contributed by atoms with Crippen LogP contribution < -0.4 is 15.4 Å². The van der Waals surface area contributed by atoms with Gasteiger partial charge in [0.1, 0.15) is 4.90 Å². The fraction of sp³-hybridized carbons (Fsp3) is 0.400. The number of hydrogen-bond acceptors (Lipinski definition) is 5. The molecule has 2 aliphatic heterocycles. The van der Waals surface area contributed by atoms with Crippen molar-refractivity contribution in [3.8, 4) is 0 Å². The number of fused-ring (bicyclic) bond motifs is 1. The average Bonchev–Trinajstić information content (AvgIpc) is 2.68. The number of anilines is 1. The number of rotatable bonds is 4. The summed E-state index contributed by atoms with van der Waals surface area (Å²) in [6.07, 6.45) is 1.63. The SMILES string of the molecule is NS(=O)(=O)c1ccc(CC2OCCc3ccccc32)cc1N1CCNCC1. The Hall–Kier alpha value is -1.93. The van der Waals surface area contributed by atoms with E-state index in [1.165, 1.54) is 11.1 Å². The molecule has 0 spiro atoms. The Balaban J connectivity index is 1.66. The third-order valence-corrected chi connectivity index (χ3v) is 6.26. The van der Waals surface area contributed by atoms with Crippen LogP contribution in [0.1, 0.15) is 22.8 Å². The van der Waals surface area contributed by atoms with Crippen molar-refractivity contribution in [1.82, 2.24) is 5.32 Å².